The van der Waals surface area contributed by atoms with Gasteiger partial charge in [0.05, 0.1) is 10.6 Å². The van der Waals surface area contributed by atoms with Gasteiger partial charge in [0.2, 0.25) is 0 Å². The summed E-state index contributed by atoms with van der Waals surface area (Å²) >= 11 is 5.87. The van der Waals surface area contributed by atoms with Crippen LogP contribution in [0.2, 0.25) is 5.02 Å². The summed E-state index contributed by atoms with van der Waals surface area (Å²) in [4.78, 5) is 24.4. The van der Waals surface area contributed by atoms with Crippen molar-refractivity contribution in [2.24, 2.45) is 0 Å². The number of rotatable bonds is 4. The zero-order valence-electron chi connectivity index (χ0n) is 10.3. The highest BCUT2D eigenvalue weighted by Crippen LogP contribution is 2.30. The third-order valence-corrected chi connectivity index (χ3v) is 3.35. The summed E-state index contributed by atoms with van der Waals surface area (Å²) in [5, 5.41) is 8.84. The van der Waals surface area contributed by atoms with Gasteiger partial charge >= 0.3 is 5.97 Å². The maximum atomic E-state index is 13.3. The Morgan fingerprint density at radius 2 is 2.11 bits per heavy atom. The van der Waals surface area contributed by atoms with Crippen molar-refractivity contribution in [2.75, 3.05) is 6.54 Å². The molecule has 2 rings (SSSR count). The number of carboxylic acid groups (broad SMARTS) is 1. The molecule has 6 heteroatoms. The molecule has 0 aliphatic heterocycles. The molecule has 1 amide bonds. The Kier molecular flexibility index (Phi) is 3.75. The first-order valence-electron chi connectivity index (χ1n) is 5.88. The van der Waals surface area contributed by atoms with Crippen LogP contribution in [0, 0.1) is 12.7 Å². The lowest BCUT2D eigenvalue weighted by Crippen LogP contribution is -2.37. The second-order valence-corrected chi connectivity index (χ2v) is 5.05. The van der Waals surface area contributed by atoms with E-state index in [0.717, 1.165) is 18.9 Å². The second kappa shape index (κ2) is 5.17. The van der Waals surface area contributed by atoms with E-state index in [2.05, 4.69) is 0 Å². The largest absolute Gasteiger partial charge is 0.480 e. The summed E-state index contributed by atoms with van der Waals surface area (Å²) in [6, 6.07) is 2.39. The molecular weight excluding hydrogens is 273 g/mol. The van der Waals surface area contributed by atoms with Gasteiger partial charge in [-0.1, -0.05) is 11.6 Å². The molecule has 102 valence electrons. The Morgan fingerprint density at radius 1 is 1.47 bits per heavy atom. The maximum absolute atomic E-state index is 13.3. The molecule has 0 aromatic heterocycles. The van der Waals surface area contributed by atoms with Crippen LogP contribution in [0.5, 0.6) is 0 Å². The summed E-state index contributed by atoms with van der Waals surface area (Å²) in [5.74, 6) is -2.02. The molecular formula is C13H13ClFNO3. The van der Waals surface area contributed by atoms with Gasteiger partial charge in [0.15, 0.2) is 0 Å². The van der Waals surface area contributed by atoms with Gasteiger partial charge in [-0.25, -0.2) is 4.39 Å². The minimum atomic E-state index is -1.07. The summed E-state index contributed by atoms with van der Waals surface area (Å²) in [6.07, 6.45) is 1.58. The minimum absolute atomic E-state index is 0.00383. The van der Waals surface area contributed by atoms with E-state index in [1.165, 1.54) is 17.9 Å². The number of hydrogen-bond donors (Lipinski definition) is 1. The van der Waals surface area contributed by atoms with Crippen LogP contribution in [0.4, 0.5) is 4.39 Å². The zero-order valence-corrected chi connectivity index (χ0v) is 11.1. The molecule has 1 saturated carbocycles. The fourth-order valence-corrected chi connectivity index (χ4v) is 2.11. The summed E-state index contributed by atoms with van der Waals surface area (Å²) < 4.78 is 13.3. The van der Waals surface area contributed by atoms with Crippen LogP contribution in [0.1, 0.15) is 28.8 Å². The molecule has 1 aliphatic carbocycles. The molecule has 4 nitrogen and oxygen atoms in total. The number of benzene rings is 1. The van der Waals surface area contributed by atoms with E-state index in [9.17, 15) is 14.0 Å². The first-order valence-corrected chi connectivity index (χ1v) is 6.26. The van der Waals surface area contributed by atoms with Gasteiger partial charge < -0.3 is 10.0 Å². The SMILES string of the molecule is Cc1cc(C(=O)N(CC(=O)O)C2CC2)c(Cl)cc1F. The average Bonchev–Trinajstić information content (AvgIpc) is 3.14. The molecule has 0 atom stereocenters. The van der Waals surface area contributed by atoms with E-state index in [-0.39, 0.29) is 23.2 Å². The average molecular weight is 286 g/mol. The van der Waals surface area contributed by atoms with Gasteiger partial charge in [0.1, 0.15) is 12.4 Å². The van der Waals surface area contributed by atoms with Crippen molar-refractivity contribution in [2.45, 2.75) is 25.8 Å². The molecule has 1 N–H and O–H groups in total. The molecule has 0 unspecified atom stereocenters. The normalized spacial score (nSPS) is 14.3. The lowest BCUT2D eigenvalue weighted by Gasteiger charge is -2.21. The second-order valence-electron chi connectivity index (χ2n) is 4.64. The Labute approximate surface area is 114 Å². The molecule has 19 heavy (non-hydrogen) atoms. The van der Waals surface area contributed by atoms with Crippen molar-refractivity contribution in [3.63, 3.8) is 0 Å². The number of carboxylic acids is 1. The highest BCUT2D eigenvalue weighted by molar-refractivity contribution is 6.33. The topological polar surface area (TPSA) is 57.6 Å². The molecule has 0 heterocycles. The van der Waals surface area contributed by atoms with E-state index < -0.39 is 17.7 Å². The lowest BCUT2D eigenvalue weighted by molar-refractivity contribution is -0.137. The smallest absolute Gasteiger partial charge is 0.323 e. The van der Waals surface area contributed by atoms with Crippen molar-refractivity contribution < 1.29 is 19.1 Å². The van der Waals surface area contributed by atoms with Gasteiger partial charge in [0.25, 0.3) is 5.91 Å². The van der Waals surface area contributed by atoms with Crippen molar-refractivity contribution >= 4 is 23.5 Å². The number of amides is 1. The first kappa shape index (κ1) is 13.8. The summed E-state index contributed by atoms with van der Waals surface area (Å²) in [7, 11) is 0. The highest BCUT2D eigenvalue weighted by Gasteiger charge is 2.35. The molecule has 0 saturated heterocycles. The number of halogens is 2. The Morgan fingerprint density at radius 3 is 2.63 bits per heavy atom. The number of carbonyl (C=O) groups excluding carboxylic acids is 1. The quantitative estimate of drug-likeness (QED) is 0.924. The first-order chi connectivity index (χ1) is 8.90. The predicted octanol–water partition coefficient (Wildman–Crippen LogP) is 2.48. The third-order valence-electron chi connectivity index (χ3n) is 3.03. The van der Waals surface area contributed by atoms with Gasteiger partial charge in [-0.15, -0.1) is 0 Å². The van der Waals surface area contributed by atoms with Crippen molar-refractivity contribution in [3.05, 3.63) is 34.1 Å². The number of nitrogens with zero attached hydrogens (tertiary/aromatic N) is 1. The Hall–Kier alpha value is -1.62. The Balaban J connectivity index is 2.31. The van der Waals surface area contributed by atoms with Crippen LogP contribution in [-0.4, -0.2) is 34.5 Å². The van der Waals surface area contributed by atoms with Gasteiger partial charge in [-0.3, -0.25) is 9.59 Å². The number of hydrogen-bond acceptors (Lipinski definition) is 2. The van der Waals surface area contributed by atoms with Gasteiger partial charge in [-0.2, -0.15) is 0 Å². The van der Waals surface area contributed by atoms with E-state index >= 15 is 0 Å². The van der Waals surface area contributed by atoms with Crippen molar-refractivity contribution in [1.29, 1.82) is 0 Å². The zero-order chi connectivity index (χ0) is 14.2. The highest BCUT2D eigenvalue weighted by atomic mass is 35.5. The number of carbonyl (C=O) groups is 2. The van der Waals surface area contributed by atoms with Crippen LogP contribution < -0.4 is 0 Å². The summed E-state index contributed by atoms with van der Waals surface area (Å²) in [5.41, 5.74) is 0.451. The Bertz CT molecular complexity index is 543. The molecule has 1 aromatic carbocycles. The number of aliphatic carboxylic acids is 1. The predicted molar refractivity (Wildman–Crippen MR) is 67.8 cm³/mol. The van der Waals surface area contributed by atoms with E-state index in [0.29, 0.717) is 5.56 Å². The molecule has 0 spiro atoms. The van der Waals surface area contributed by atoms with Gasteiger partial charge in [-0.05, 0) is 37.5 Å². The fourth-order valence-electron chi connectivity index (χ4n) is 1.87. The van der Waals surface area contributed by atoms with Crippen LogP contribution in [0.15, 0.2) is 12.1 Å². The van der Waals surface area contributed by atoms with Crippen molar-refractivity contribution in [3.8, 4) is 0 Å². The molecule has 1 aliphatic rings. The van der Waals surface area contributed by atoms with E-state index in [1.54, 1.807) is 0 Å². The molecule has 1 fully saturated rings. The molecule has 0 bridgehead atoms. The van der Waals surface area contributed by atoms with Crippen LogP contribution in [0.25, 0.3) is 0 Å². The number of aryl methyl sites for hydroxylation is 1. The van der Waals surface area contributed by atoms with Gasteiger partial charge in [0, 0.05) is 6.04 Å². The van der Waals surface area contributed by atoms with Crippen LogP contribution in [-0.2, 0) is 4.79 Å². The molecule has 1 aromatic rings. The third kappa shape index (κ3) is 3.04. The monoisotopic (exact) mass is 285 g/mol. The fraction of sp³-hybridized carbons (Fsp3) is 0.385. The van der Waals surface area contributed by atoms with Crippen LogP contribution in [0.3, 0.4) is 0 Å². The summed E-state index contributed by atoms with van der Waals surface area (Å²) in [6.45, 7) is 1.16. The lowest BCUT2D eigenvalue weighted by atomic mass is 10.1. The minimum Gasteiger partial charge on any atom is -0.480 e. The van der Waals surface area contributed by atoms with Crippen molar-refractivity contribution in [1.82, 2.24) is 4.90 Å². The van der Waals surface area contributed by atoms with E-state index in [1.807, 2.05) is 0 Å². The van der Waals surface area contributed by atoms with Crippen LogP contribution >= 0.6 is 11.6 Å². The standard InChI is InChI=1S/C13H13ClFNO3/c1-7-4-9(10(14)5-11(7)15)13(19)16(6-12(17)18)8-2-3-8/h4-5,8H,2-3,6H2,1H3,(H,17,18). The maximum Gasteiger partial charge on any atom is 0.323 e. The molecule has 0 radical (unpaired) electrons. The van der Waals surface area contributed by atoms with E-state index in [4.69, 9.17) is 16.7 Å².